The molecule has 2 aromatic heterocycles. The van der Waals surface area contributed by atoms with E-state index in [-0.39, 0.29) is 11.7 Å². The molecule has 1 saturated carbocycles. The molecular formula is C16H12BrN3O3. The van der Waals surface area contributed by atoms with Crippen LogP contribution in [0.3, 0.4) is 0 Å². The zero-order valence-electron chi connectivity index (χ0n) is 12.0. The third-order valence-corrected chi connectivity index (χ3v) is 3.97. The fourth-order valence-electron chi connectivity index (χ4n) is 2.21. The number of anilines is 1. The summed E-state index contributed by atoms with van der Waals surface area (Å²) in [6.45, 7) is 0. The van der Waals surface area contributed by atoms with Crippen LogP contribution in [-0.4, -0.2) is 16.0 Å². The summed E-state index contributed by atoms with van der Waals surface area (Å²) in [5.74, 6) is 1.55. The molecule has 1 aromatic carbocycles. The minimum atomic E-state index is -0.320. The highest BCUT2D eigenvalue weighted by molar-refractivity contribution is 9.10. The Balaban J connectivity index is 1.54. The molecule has 2 heterocycles. The fourth-order valence-corrected chi connectivity index (χ4v) is 2.52. The first kappa shape index (κ1) is 14.2. The number of benzene rings is 1. The number of hydrogen-bond acceptors (Lipinski definition) is 5. The average molecular weight is 374 g/mol. The average Bonchev–Trinajstić information content (AvgIpc) is 3.11. The van der Waals surface area contributed by atoms with Crippen molar-refractivity contribution in [1.29, 1.82) is 0 Å². The van der Waals surface area contributed by atoms with Gasteiger partial charge in [0, 0.05) is 17.2 Å². The van der Waals surface area contributed by atoms with Crippen LogP contribution in [0.2, 0.25) is 0 Å². The van der Waals surface area contributed by atoms with Crippen LogP contribution < -0.4 is 5.32 Å². The summed E-state index contributed by atoms with van der Waals surface area (Å²) in [6.07, 6.45) is 2.22. The molecular weight excluding hydrogens is 362 g/mol. The second-order valence-corrected chi connectivity index (χ2v) is 6.15. The first-order valence-corrected chi connectivity index (χ1v) is 7.99. The lowest BCUT2D eigenvalue weighted by atomic mass is 10.2. The van der Waals surface area contributed by atoms with Gasteiger partial charge in [0.15, 0.2) is 10.4 Å². The van der Waals surface area contributed by atoms with Gasteiger partial charge in [-0.3, -0.25) is 4.79 Å². The third-order valence-electron chi connectivity index (χ3n) is 3.54. The molecule has 23 heavy (non-hydrogen) atoms. The predicted molar refractivity (Wildman–Crippen MR) is 86.1 cm³/mol. The topological polar surface area (TPSA) is 81.2 Å². The molecule has 1 fully saturated rings. The zero-order chi connectivity index (χ0) is 15.8. The molecule has 1 N–H and O–H groups in total. The van der Waals surface area contributed by atoms with E-state index < -0.39 is 0 Å². The van der Waals surface area contributed by atoms with E-state index in [1.165, 1.54) is 0 Å². The molecule has 116 valence electrons. The van der Waals surface area contributed by atoms with Gasteiger partial charge in [-0.15, -0.1) is 0 Å². The number of carbonyl (C=O) groups is 1. The van der Waals surface area contributed by atoms with E-state index in [0.717, 1.165) is 18.4 Å². The lowest BCUT2D eigenvalue weighted by molar-refractivity contribution is 0.0995. The molecule has 0 saturated heterocycles. The van der Waals surface area contributed by atoms with Crippen molar-refractivity contribution < 1.29 is 13.7 Å². The summed E-state index contributed by atoms with van der Waals surface area (Å²) in [6, 6.07) is 10.6. The summed E-state index contributed by atoms with van der Waals surface area (Å²) in [4.78, 5) is 16.5. The van der Waals surface area contributed by atoms with Crippen LogP contribution in [-0.2, 0) is 0 Å². The molecule has 3 aromatic rings. The van der Waals surface area contributed by atoms with Gasteiger partial charge in [-0.05, 0) is 53.0 Å². The molecule has 6 nitrogen and oxygen atoms in total. The second kappa shape index (κ2) is 5.66. The molecule has 1 amide bonds. The van der Waals surface area contributed by atoms with Gasteiger partial charge in [0.25, 0.3) is 5.91 Å². The van der Waals surface area contributed by atoms with Crippen molar-refractivity contribution in [3.05, 3.63) is 52.7 Å². The van der Waals surface area contributed by atoms with Crippen molar-refractivity contribution in [2.24, 2.45) is 0 Å². The Morgan fingerprint density at radius 3 is 2.87 bits per heavy atom. The van der Waals surface area contributed by atoms with Crippen LogP contribution in [0.1, 0.15) is 35.2 Å². The first-order valence-electron chi connectivity index (χ1n) is 7.20. The molecule has 0 atom stereocenters. The van der Waals surface area contributed by atoms with E-state index in [1.54, 1.807) is 24.3 Å². The SMILES string of the molecule is O=C(Nc1cccc(-c2noc(C3CC3)n2)c1)c1ccc(Br)o1. The number of aromatic nitrogens is 2. The first-order chi connectivity index (χ1) is 11.2. The van der Waals surface area contributed by atoms with Crippen molar-refractivity contribution in [2.75, 3.05) is 5.32 Å². The molecule has 0 unspecified atom stereocenters. The van der Waals surface area contributed by atoms with Crippen molar-refractivity contribution in [3.8, 4) is 11.4 Å². The van der Waals surface area contributed by atoms with Crippen LogP contribution in [0.25, 0.3) is 11.4 Å². The predicted octanol–water partition coefficient (Wildman–Crippen LogP) is 4.22. The summed E-state index contributed by atoms with van der Waals surface area (Å²) >= 11 is 3.17. The Labute approximate surface area is 140 Å². The lowest BCUT2D eigenvalue weighted by Gasteiger charge is -2.04. The van der Waals surface area contributed by atoms with Gasteiger partial charge in [-0.25, -0.2) is 0 Å². The zero-order valence-corrected chi connectivity index (χ0v) is 13.5. The number of nitrogens with zero attached hydrogens (tertiary/aromatic N) is 2. The summed E-state index contributed by atoms with van der Waals surface area (Å²) in [5.41, 5.74) is 1.43. The number of rotatable bonds is 4. The number of amides is 1. The molecule has 1 aliphatic rings. The van der Waals surface area contributed by atoms with Crippen molar-refractivity contribution >= 4 is 27.5 Å². The Bertz CT molecular complexity index is 867. The Hall–Kier alpha value is -2.41. The lowest BCUT2D eigenvalue weighted by Crippen LogP contribution is -2.10. The molecule has 0 spiro atoms. The van der Waals surface area contributed by atoms with E-state index in [9.17, 15) is 4.79 Å². The number of nitrogens with one attached hydrogen (secondary N) is 1. The number of carbonyl (C=O) groups excluding carboxylic acids is 1. The number of furan rings is 1. The molecule has 7 heteroatoms. The molecule has 0 bridgehead atoms. The normalized spacial score (nSPS) is 14.0. The van der Waals surface area contributed by atoms with Crippen LogP contribution in [0.15, 0.2) is 50.0 Å². The Morgan fingerprint density at radius 1 is 1.26 bits per heavy atom. The summed E-state index contributed by atoms with van der Waals surface area (Å²) < 4.78 is 11.0. The van der Waals surface area contributed by atoms with E-state index in [4.69, 9.17) is 8.94 Å². The van der Waals surface area contributed by atoms with Crippen LogP contribution in [0.4, 0.5) is 5.69 Å². The number of halogens is 1. The van der Waals surface area contributed by atoms with Gasteiger partial charge < -0.3 is 14.3 Å². The largest absolute Gasteiger partial charge is 0.444 e. The minimum absolute atomic E-state index is 0.234. The maximum atomic E-state index is 12.1. The van der Waals surface area contributed by atoms with Gasteiger partial charge in [0.05, 0.1) is 0 Å². The number of hydrogen-bond donors (Lipinski definition) is 1. The van der Waals surface area contributed by atoms with Gasteiger partial charge in [-0.1, -0.05) is 17.3 Å². The molecule has 1 aliphatic carbocycles. The molecule has 0 radical (unpaired) electrons. The minimum Gasteiger partial charge on any atom is -0.444 e. The van der Waals surface area contributed by atoms with E-state index >= 15 is 0 Å². The van der Waals surface area contributed by atoms with Gasteiger partial charge >= 0.3 is 0 Å². The molecule has 0 aliphatic heterocycles. The second-order valence-electron chi connectivity index (χ2n) is 5.37. The van der Waals surface area contributed by atoms with Gasteiger partial charge in [0.2, 0.25) is 11.7 Å². The molecule has 4 rings (SSSR count). The van der Waals surface area contributed by atoms with Gasteiger partial charge in [0.1, 0.15) is 0 Å². The maximum absolute atomic E-state index is 12.1. The summed E-state index contributed by atoms with van der Waals surface area (Å²) in [5, 5.41) is 6.79. The maximum Gasteiger partial charge on any atom is 0.291 e. The van der Waals surface area contributed by atoms with Crippen molar-refractivity contribution in [3.63, 3.8) is 0 Å². The Kier molecular flexibility index (Phi) is 3.49. The Morgan fingerprint density at radius 2 is 2.13 bits per heavy atom. The fraction of sp³-hybridized carbons (Fsp3) is 0.188. The third kappa shape index (κ3) is 3.05. The quantitative estimate of drug-likeness (QED) is 0.740. The van der Waals surface area contributed by atoms with E-state index in [0.29, 0.717) is 28.0 Å². The van der Waals surface area contributed by atoms with E-state index in [2.05, 4.69) is 31.4 Å². The van der Waals surface area contributed by atoms with Crippen molar-refractivity contribution in [1.82, 2.24) is 10.1 Å². The highest BCUT2D eigenvalue weighted by Gasteiger charge is 2.29. The highest BCUT2D eigenvalue weighted by atomic mass is 79.9. The summed E-state index contributed by atoms with van der Waals surface area (Å²) in [7, 11) is 0. The highest BCUT2D eigenvalue weighted by Crippen LogP contribution is 2.39. The van der Waals surface area contributed by atoms with Gasteiger partial charge in [-0.2, -0.15) is 4.98 Å². The standard InChI is InChI=1S/C16H12BrN3O3/c17-13-7-6-12(22-13)15(21)18-11-3-1-2-10(8-11)14-19-16(23-20-14)9-4-5-9/h1-3,6-9H,4-5H2,(H,18,21). The van der Waals surface area contributed by atoms with Crippen LogP contribution >= 0.6 is 15.9 Å². The smallest absolute Gasteiger partial charge is 0.291 e. The van der Waals surface area contributed by atoms with E-state index in [1.807, 2.05) is 12.1 Å². The van der Waals surface area contributed by atoms with Crippen LogP contribution in [0, 0.1) is 0 Å². The van der Waals surface area contributed by atoms with Crippen LogP contribution in [0.5, 0.6) is 0 Å². The van der Waals surface area contributed by atoms with Crippen molar-refractivity contribution in [2.45, 2.75) is 18.8 Å². The monoisotopic (exact) mass is 373 g/mol.